The van der Waals surface area contributed by atoms with Crippen molar-refractivity contribution in [3.05, 3.63) is 28.3 Å². The van der Waals surface area contributed by atoms with E-state index in [2.05, 4.69) is 5.32 Å². The Kier molecular flexibility index (Phi) is 4.39. The maximum absolute atomic E-state index is 12.0. The number of carbonyl (C=O) groups excluding carboxylic acids is 1. The number of nitrogens with one attached hydrogen (secondary N) is 1. The van der Waals surface area contributed by atoms with Crippen LogP contribution >= 0.6 is 0 Å². The van der Waals surface area contributed by atoms with E-state index in [1.54, 1.807) is 6.07 Å². The molecule has 0 aliphatic carbocycles. The van der Waals surface area contributed by atoms with Gasteiger partial charge in [0.2, 0.25) is 5.91 Å². The summed E-state index contributed by atoms with van der Waals surface area (Å²) in [6.45, 7) is 1.70. The standard InChI is InChI=1S/C13H18N4O3/c14-10-6-11(8-12(7-10)17(19)20)15-9-13(18)16-4-2-1-3-5-16/h6-8,15H,1-5,9,14H2. The van der Waals surface area contributed by atoms with Crippen molar-refractivity contribution in [3.63, 3.8) is 0 Å². The molecule has 1 aromatic carbocycles. The molecule has 1 aromatic rings. The third kappa shape index (κ3) is 3.59. The number of benzene rings is 1. The maximum Gasteiger partial charge on any atom is 0.273 e. The van der Waals surface area contributed by atoms with Crippen molar-refractivity contribution in [1.82, 2.24) is 4.90 Å². The highest BCUT2D eigenvalue weighted by atomic mass is 16.6. The number of carbonyl (C=O) groups is 1. The number of nitrogens with zero attached hydrogens (tertiary/aromatic N) is 2. The highest BCUT2D eigenvalue weighted by Gasteiger charge is 2.16. The van der Waals surface area contributed by atoms with E-state index in [0.29, 0.717) is 11.4 Å². The predicted octanol–water partition coefficient (Wildman–Crippen LogP) is 1.60. The summed E-state index contributed by atoms with van der Waals surface area (Å²) >= 11 is 0. The normalized spacial score (nSPS) is 14.9. The number of hydrogen-bond donors (Lipinski definition) is 2. The zero-order valence-corrected chi connectivity index (χ0v) is 11.2. The lowest BCUT2D eigenvalue weighted by Gasteiger charge is -2.26. The molecule has 7 nitrogen and oxygen atoms in total. The van der Waals surface area contributed by atoms with Crippen molar-refractivity contribution < 1.29 is 9.72 Å². The van der Waals surface area contributed by atoms with E-state index in [1.807, 2.05) is 4.90 Å². The Hall–Kier alpha value is -2.31. The molecule has 1 amide bonds. The molecular formula is C13H18N4O3. The molecule has 2 rings (SSSR count). The quantitative estimate of drug-likeness (QED) is 0.495. The molecule has 1 heterocycles. The summed E-state index contributed by atoms with van der Waals surface area (Å²) in [6, 6.07) is 4.24. The number of amides is 1. The molecule has 1 aliphatic rings. The van der Waals surface area contributed by atoms with E-state index in [9.17, 15) is 14.9 Å². The Morgan fingerprint density at radius 2 is 2.00 bits per heavy atom. The molecule has 7 heteroatoms. The molecule has 1 saturated heterocycles. The van der Waals surface area contributed by atoms with Gasteiger partial charge in [-0.1, -0.05) is 0 Å². The van der Waals surface area contributed by atoms with E-state index < -0.39 is 4.92 Å². The number of nitro benzene ring substituents is 1. The Morgan fingerprint density at radius 1 is 1.30 bits per heavy atom. The fourth-order valence-electron chi connectivity index (χ4n) is 2.27. The van der Waals surface area contributed by atoms with Gasteiger partial charge in [0.15, 0.2) is 0 Å². The lowest BCUT2D eigenvalue weighted by Crippen LogP contribution is -2.39. The molecule has 0 aromatic heterocycles. The van der Waals surface area contributed by atoms with Gasteiger partial charge < -0.3 is 16.0 Å². The highest BCUT2D eigenvalue weighted by molar-refractivity contribution is 5.81. The summed E-state index contributed by atoms with van der Waals surface area (Å²) < 4.78 is 0. The van der Waals surface area contributed by atoms with Gasteiger partial charge in [0.1, 0.15) is 0 Å². The van der Waals surface area contributed by atoms with E-state index in [0.717, 1.165) is 25.9 Å². The first kappa shape index (κ1) is 14.1. The smallest absolute Gasteiger partial charge is 0.273 e. The molecule has 0 atom stereocenters. The summed E-state index contributed by atoms with van der Waals surface area (Å²) in [5.74, 6) is 0.00905. The van der Waals surface area contributed by atoms with Gasteiger partial charge in [-0.3, -0.25) is 14.9 Å². The summed E-state index contributed by atoms with van der Waals surface area (Å²) in [5, 5.41) is 13.6. The number of nitrogen functional groups attached to an aromatic ring is 1. The van der Waals surface area contributed by atoms with Crippen LogP contribution in [0.15, 0.2) is 18.2 Å². The van der Waals surface area contributed by atoms with Gasteiger partial charge in [-0.15, -0.1) is 0 Å². The number of non-ortho nitro benzene ring substituents is 1. The Morgan fingerprint density at radius 3 is 2.65 bits per heavy atom. The third-order valence-corrected chi connectivity index (χ3v) is 3.30. The van der Waals surface area contributed by atoms with Crippen LogP contribution in [0, 0.1) is 10.1 Å². The van der Waals surface area contributed by atoms with Crippen molar-refractivity contribution in [3.8, 4) is 0 Å². The minimum absolute atomic E-state index is 0.00905. The van der Waals surface area contributed by atoms with Crippen LogP contribution in [0.5, 0.6) is 0 Å². The van der Waals surface area contributed by atoms with Crippen LogP contribution in [0.4, 0.5) is 17.1 Å². The van der Waals surface area contributed by atoms with Crippen LogP contribution in [-0.2, 0) is 4.79 Å². The minimum Gasteiger partial charge on any atom is -0.398 e. The number of nitrogens with two attached hydrogens (primary N) is 1. The number of likely N-dealkylation sites (tertiary alicyclic amines) is 1. The van der Waals surface area contributed by atoms with Gasteiger partial charge in [-0.2, -0.15) is 0 Å². The molecule has 1 aliphatic heterocycles. The number of rotatable bonds is 4. The van der Waals surface area contributed by atoms with Gasteiger partial charge in [0, 0.05) is 36.6 Å². The first-order chi connectivity index (χ1) is 9.56. The summed E-state index contributed by atoms with van der Waals surface area (Å²) in [7, 11) is 0. The van der Waals surface area contributed by atoms with Crippen LogP contribution in [0.2, 0.25) is 0 Å². The van der Waals surface area contributed by atoms with Crippen molar-refractivity contribution in [2.45, 2.75) is 19.3 Å². The lowest BCUT2D eigenvalue weighted by atomic mass is 10.1. The second-order valence-electron chi connectivity index (χ2n) is 4.87. The van der Waals surface area contributed by atoms with Crippen LogP contribution in [-0.4, -0.2) is 35.4 Å². The average Bonchev–Trinajstić information content (AvgIpc) is 2.45. The van der Waals surface area contributed by atoms with Gasteiger partial charge in [0.05, 0.1) is 11.5 Å². The highest BCUT2D eigenvalue weighted by Crippen LogP contribution is 2.22. The van der Waals surface area contributed by atoms with Crippen molar-refractivity contribution in [2.24, 2.45) is 0 Å². The van der Waals surface area contributed by atoms with E-state index >= 15 is 0 Å². The Balaban J connectivity index is 1.96. The molecule has 0 saturated carbocycles. The van der Waals surface area contributed by atoms with Crippen molar-refractivity contribution in [2.75, 3.05) is 30.7 Å². The largest absolute Gasteiger partial charge is 0.398 e. The summed E-state index contributed by atoms with van der Waals surface area (Å²) in [5.41, 5.74) is 6.31. The molecule has 0 unspecified atom stereocenters. The van der Waals surface area contributed by atoms with Crippen LogP contribution in [0.25, 0.3) is 0 Å². The zero-order valence-electron chi connectivity index (χ0n) is 11.2. The Labute approximate surface area is 116 Å². The fraction of sp³-hybridized carbons (Fsp3) is 0.462. The second kappa shape index (κ2) is 6.23. The van der Waals surface area contributed by atoms with Gasteiger partial charge in [0.25, 0.3) is 5.69 Å². The van der Waals surface area contributed by atoms with Gasteiger partial charge >= 0.3 is 0 Å². The molecule has 0 bridgehead atoms. The fourth-order valence-corrected chi connectivity index (χ4v) is 2.27. The SMILES string of the molecule is Nc1cc(NCC(=O)N2CCCCC2)cc([N+](=O)[O-])c1. The molecule has 20 heavy (non-hydrogen) atoms. The van der Waals surface area contributed by atoms with Crippen molar-refractivity contribution >= 4 is 23.0 Å². The summed E-state index contributed by atoms with van der Waals surface area (Å²) in [6.07, 6.45) is 3.24. The molecule has 1 fully saturated rings. The molecule has 0 radical (unpaired) electrons. The zero-order chi connectivity index (χ0) is 14.5. The average molecular weight is 278 g/mol. The molecule has 0 spiro atoms. The molecule has 3 N–H and O–H groups in total. The summed E-state index contributed by atoms with van der Waals surface area (Å²) in [4.78, 5) is 24.0. The second-order valence-corrected chi connectivity index (χ2v) is 4.87. The van der Waals surface area contributed by atoms with E-state index in [1.165, 1.54) is 18.6 Å². The number of hydrogen-bond acceptors (Lipinski definition) is 5. The van der Waals surface area contributed by atoms with E-state index in [4.69, 9.17) is 5.73 Å². The number of nitro groups is 1. The Bertz CT molecular complexity index is 512. The van der Waals surface area contributed by atoms with Crippen LogP contribution in [0.1, 0.15) is 19.3 Å². The molecular weight excluding hydrogens is 260 g/mol. The number of anilines is 2. The minimum atomic E-state index is -0.506. The maximum atomic E-state index is 12.0. The van der Waals surface area contributed by atoms with Crippen molar-refractivity contribution in [1.29, 1.82) is 0 Å². The van der Waals surface area contributed by atoms with Crippen LogP contribution < -0.4 is 11.1 Å². The van der Waals surface area contributed by atoms with Gasteiger partial charge in [-0.25, -0.2) is 0 Å². The first-order valence-electron chi connectivity index (χ1n) is 6.63. The topological polar surface area (TPSA) is 102 Å². The predicted molar refractivity (Wildman–Crippen MR) is 76.4 cm³/mol. The van der Waals surface area contributed by atoms with Crippen LogP contribution in [0.3, 0.4) is 0 Å². The third-order valence-electron chi connectivity index (χ3n) is 3.30. The monoisotopic (exact) mass is 278 g/mol. The molecule has 108 valence electrons. The lowest BCUT2D eigenvalue weighted by molar-refractivity contribution is -0.384. The van der Waals surface area contributed by atoms with Gasteiger partial charge in [-0.05, 0) is 25.3 Å². The first-order valence-corrected chi connectivity index (χ1v) is 6.63. The van der Waals surface area contributed by atoms with E-state index in [-0.39, 0.29) is 18.1 Å². The number of piperidine rings is 1.